The van der Waals surface area contributed by atoms with E-state index in [1.54, 1.807) is 25.8 Å². The number of alkyl halides is 3. The fraction of sp³-hybridized carbons (Fsp3) is 0.696. The molecule has 1 aliphatic carbocycles. The topological polar surface area (TPSA) is 70.2 Å². The molecule has 1 aromatic rings. The molecule has 1 aromatic carbocycles. The number of hydrogen-bond acceptors (Lipinski definition) is 5. The van der Waals surface area contributed by atoms with E-state index in [1.807, 2.05) is 19.0 Å². The van der Waals surface area contributed by atoms with Gasteiger partial charge in [0.15, 0.2) is 0 Å². The Labute approximate surface area is 200 Å². The van der Waals surface area contributed by atoms with Crippen molar-refractivity contribution in [2.75, 3.05) is 41.3 Å². The van der Waals surface area contributed by atoms with Gasteiger partial charge in [-0.15, -0.1) is 0 Å². The van der Waals surface area contributed by atoms with Crippen LogP contribution in [0.3, 0.4) is 0 Å². The van der Waals surface area contributed by atoms with Gasteiger partial charge < -0.3 is 14.5 Å². The zero-order chi connectivity index (χ0) is 25.9. The Morgan fingerprint density at radius 3 is 1.97 bits per heavy atom. The number of carbonyl (C=O) groups is 1. The molecule has 34 heavy (non-hydrogen) atoms. The summed E-state index contributed by atoms with van der Waals surface area (Å²) < 4.78 is 71.6. The molecule has 1 saturated carbocycles. The molecular formula is C23H36F3N3O4S. The molecule has 11 heteroatoms. The second-order valence-corrected chi connectivity index (χ2v) is 11.6. The highest BCUT2D eigenvalue weighted by atomic mass is 32.2. The van der Waals surface area contributed by atoms with Gasteiger partial charge in [0, 0.05) is 33.2 Å². The number of hydrogen-bond donors (Lipinski definition) is 0. The van der Waals surface area contributed by atoms with E-state index in [9.17, 15) is 26.4 Å². The van der Waals surface area contributed by atoms with E-state index in [0.29, 0.717) is 32.2 Å². The van der Waals surface area contributed by atoms with Crippen LogP contribution in [-0.2, 0) is 25.7 Å². The molecule has 1 fully saturated rings. The number of amides is 1. The lowest BCUT2D eigenvalue weighted by Crippen LogP contribution is -2.49. The summed E-state index contributed by atoms with van der Waals surface area (Å²) >= 11 is 0. The summed E-state index contributed by atoms with van der Waals surface area (Å²) in [6.07, 6.45) is -2.49. The fourth-order valence-electron chi connectivity index (χ4n) is 4.08. The average Bonchev–Trinajstić information content (AvgIpc) is 2.76. The molecule has 0 aromatic heterocycles. The first-order valence-electron chi connectivity index (χ1n) is 11.3. The van der Waals surface area contributed by atoms with E-state index in [2.05, 4.69) is 0 Å². The van der Waals surface area contributed by atoms with E-state index in [-0.39, 0.29) is 22.9 Å². The van der Waals surface area contributed by atoms with Gasteiger partial charge in [0.25, 0.3) is 5.91 Å². The number of rotatable bonds is 9. The Kier molecular flexibility index (Phi) is 9.17. The molecule has 0 spiro atoms. The number of ether oxygens (including phenoxy) is 1. The van der Waals surface area contributed by atoms with E-state index in [0.717, 1.165) is 30.8 Å². The minimum atomic E-state index is -4.52. The van der Waals surface area contributed by atoms with Crippen LogP contribution in [0.1, 0.15) is 45.1 Å². The van der Waals surface area contributed by atoms with Crippen molar-refractivity contribution in [2.24, 2.45) is 0 Å². The van der Waals surface area contributed by atoms with E-state index in [1.165, 1.54) is 11.4 Å². The average molecular weight is 508 g/mol. The lowest BCUT2D eigenvalue weighted by molar-refractivity contribution is -0.162. The summed E-state index contributed by atoms with van der Waals surface area (Å²) in [5, 5.41) is 0. The van der Waals surface area contributed by atoms with Gasteiger partial charge in [-0.05, 0) is 77.9 Å². The van der Waals surface area contributed by atoms with Crippen LogP contribution in [0, 0.1) is 0 Å². The number of sulfonamides is 1. The monoisotopic (exact) mass is 507 g/mol. The molecule has 0 saturated heterocycles. The maximum Gasteiger partial charge on any atom is 0.416 e. The zero-order valence-electron chi connectivity index (χ0n) is 20.7. The molecule has 0 heterocycles. The smallest absolute Gasteiger partial charge is 0.363 e. The maximum atomic E-state index is 12.9. The van der Waals surface area contributed by atoms with Crippen molar-refractivity contribution in [3.05, 3.63) is 29.8 Å². The fourth-order valence-corrected chi connectivity index (χ4v) is 5.50. The first kappa shape index (κ1) is 28.5. The SMILES string of the molecule is CN(C)CCN(C)C(=O)C(C)(C)O[C@H]1CC[C@H](N(C)S(=O)(=O)c2ccc(C(F)(F)F)cc2)CC1. The van der Waals surface area contributed by atoms with Crippen LogP contribution in [-0.4, -0.2) is 87.5 Å². The summed E-state index contributed by atoms with van der Waals surface area (Å²) in [7, 11) is 3.14. The molecule has 0 aliphatic heterocycles. The van der Waals surface area contributed by atoms with Crippen molar-refractivity contribution in [3.63, 3.8) is 0 Å². The summed E-state index contributed by atoms with van der Waals surface area (Å²) in [4.78, 5) is 16.3. The van der Waals surface area contributed by atoms with Gasteiger partial charge in [-0.25, -0.2) is 8.42 Å². The Morgan fingerprint density at radius 2 is 1.50 bits per heavy atom. The molecule has 0 bridgehead atoms. The minimum Gasteiger partial charge on any atom is -0.363 e. The van der Waals surface area contributed by atoms with Crippen LogP contribution >= 0.6 is 0 Å². The number of carbonyl (C=O) groups excluding carboxylic acids is 1. The van der Waals surface area contributed by atoms with Crippen molar-refractivity contribution >= 4 is 15.9 Å². The molecule has 7 nitrogen and oxygen atoms in total. The third kappa shape index (κ3) is 7.16. The lowest BCUT2D eigenvalue weighted by Gasteiger charge is -2.38. The number of halogens is 3. The Hall–Kier alpha value is -1.69. The van der Waals surface area contributed by atoms with Crippen molar-refractivity contribution < 1.29 is 31.1 Å². The standard InChI is InChI=1S/C23H36F3N3O4S/c1-22(2,21(30)28(5)16-15-27(3)4)33-19-11-9-18(10-12-19)29(6)34(31,32)20-13-7-17(8-14-20)23(24,25)26/h7-8,13-14,18-19H,9-12,15-16H2,1-6H3/t18-,19-. The van der Waals surface area contributed by atoms with E-state index < -0.39 is 27.4 Å². The van der Waals surface area contributed by atoms with Crippen LogP contribution in [0.5, 0.6) is 0 Å². The normalized spacial score (nSPS) is 20.1. The highest BCUT2D eigenvalue weighted by Gasteiger charge is 2.38. The predicted octanol–water partition coefficient (Wildman–Crippen LogP) is 3.45. The second kappa shape index (κ2) is 10.9. The number of benzene rings is 1. The van der Waals surface area contributed by atoms with Crippen molar-refractivity contribution in [3.8, 4) is 0 Å². The van der Waals surface area contributed by atoms with E-state index >= 15 is 0 Å². The third-order valence-corrected chi connectivity index (χ3v) is 8.15. The Bertz CT molecular complexity index is 926. The maximum absolute atomic E-state index is 12.9. The Morgan fingerprint density at radius 1 is 0.971 bits per heavy atom. The van der Waals surface area contributed by atoms with Gasteiger partial charge in [-0.1, -0.05) is 0 Å². The number of likely N-dealkylation sites (N-methyl/N-ethyl adjacent to an activating group) is 2. The van der Waals surface area contributed by atoms with Gasteiger partial charge >= 0.3 is 6.18 Å². The molecule has 194 valence electrons. The van der Waals surface area contributed by atoms with Gasteiger partial charge in [-0.3, -0.25) is 4.79 Å². The molecular weight excluding hydrogens is 471 g/mol. The van der Waals surface area contributed by atoms with Crippen LogP contribution in [0.2, 0.25) is 0 Å². The van der Waals surface area contributed by atoms with Gasteiger partial charge in [0.2, 0.25) is 10.0 Å². The first-order valence-corrected chi connectivity index (χ1v) is 12.7. The minimum absolute atomic E-state index is 0.113. The van der Waals surface area contributed by atoms with Crippen molar-refractivity contribution in [1.29, 1.82) is 0 Å². The third-order valence-electron chi connectivity index (χ3n) is 6.22. The molecule has 1 amide bonds. The molecule has 0 atom stereocenters. The summed E-state index contributed by atoms with van der Waals surface area (Å²) in [5.41, 5.74) is -1.90. The van der Waals surface area contributed by atoms with Gasteiger partial charge in [0.1, 0.15) is 5.60 Å². The predicted molar refractivity (Wildman–Crippen MR) is 124 cm³/mol. The first-order chi connectivity index (χ1) is 15.6. The quantitative estimate of drug-likeness (QED) is 0.512. The van der Waals surface area contributed by atoms with Crippen molar-refractivity contribution in [1.82, 2.24) is 14.1 Å². The van der Waals surface area contributed by atoms with Crippen LogP contribution < -0.4 is 0 Å². The Balaban J connectivity index is 1.96. The molecule has 0 unspecified atom stereocenters. The van der Waals surface area contributed by atoms with Gasteiger partial charge in [0.05, 0.1) is 16.6 Å². The highest BCUT2D eigenvalue weighted by molar-refractivity contribution is 7.89. The lowest BCUT2D eigenvalue weighted by atomic mass is 9.92. The molecule has 0 radical (unpaired) electrons. The van der Waals surface area contributed by atoms with Crippen molar-refractivity contribution in [2.45, 2.75) is 68.3 Å². The summed E-state index contributed by atoms with van der Waals surface area (Å²) in [6.45, 7) is 4.81. The molecule has 2 rings (SSSR count). The summed E-state index contributed by atoms with van der Waals surface area (Å²) in [6, 6.07) is 3.24. The summed E-state index contributed by atoms with van der Waals surface area (Å²) in [5.74, 6) is -0.113. The second-order valence-electron chi connectivity index (χ2n) is 9.63. The molecule has 1 aliphatic rings. The molecule has 0 N–H and O–H groups in total. The van der Waals surface area contributed by atoms with Crippen LogP contribution in [0.15, 0.2) is 29.2 Å². The largest absolute Gasteiger partial charge is 0.416 e. The van der Waals surface area contributed by atoms with Crippen LogP contribution in [0.25, 0.3) is 0 Å². The van der Waals surface area contributed by atoms with Gasteiger partial charge in [-0.2, -0.15) is 17.5 Å². The highest BCUT2D eigenvalue weighted by Crippen LogP contribution is 2.33. The number of nitrogens with zero attached hydrogens (tertiary/aromatic N) is 3. The van der Waals surface area contributed by atoms with Crippen LogP contribution in [0.4, 0.5) is 13.2 Å². The van der Waals surface area contributed by atoms with E-state index in [4.69, 9.17) is 4.74 Å². The zero-order valence-corrected chi connectivity index (χ0v) is 21.5.